The molecule has 1 saturated carbocycles. The first kappa shape index (κ1) is 11.3. The van der Waals surface area contributed by atoms with Crippen molar-refractivity contribution in [1.82, 2.24) is 10.1 Å². The Morgan fingerprint density at radius 2 is 2.06 bits per heavy atom. The van der Waals surface area contributed by atoms with Crippen LogP contribution in [-0.2, 0) is 16.6 Å². The summed E-state index contributed by atoms with van der Waals surface area (Å²) in [6.07, 6.45) is 2.46. The molecule has 1 heterocycles. The van der Waals surface area contributed by atoms with E-state index >= 15 is 0 Å². The van der Waals surface area contributed by atoms with Gasteiger partial charge in [-0.05, 0) is 12.8 Å². The predicted molar refractivity (Wildman–Crippen MR) is 59.1 cm³/mol. The van der Waals surface area contributed by atoms with Gasteiger partial charge in [-0.1, -0.05) is 32.9 Å². The molecular weight excluding hydrogens is 204 g/mol. The SMILES string of the molecule is CC(C)(C)C(=O)Cc1nc(C2(C)CC2)no1. The molecule has 88 valence electrons. The Kier molecular flexibility index (Phi) is 2.40. The fourth-order valence-corrected chi connectivity index (χ4v) is 1.39. The third-order valence-corrected chi connectivity index (χ3v) is 3.16. The van der Waals surface area contributed by atoms with Crippen LogP contribution in [0.25, 0.3) is 0 Å². The van der Waals surface area contributed by atoms with E-state index in [2.05, 4.69) is 17.1 Å². The van der Waals surface area contributed by atoms with Crippen LogP contribution in [0.2, 0.25) is 0 Å². The minimum atomic E-state index is -0.349. The molecular formula is C12H18N2O2. The molecule has 2 rings (SSSR count). The van der Waals surface area contributed by atoms with Gasteiger partial charge in [0.1, 0.15) is 5.78 Å². The largest absolute Gasteiger partial charge is 0.339 e. The zero-order valence-electron chi connectivity index (χ0n) is 10.3. The van der Waals surface area contributed by atoms with Gasteiger partial charge in [0, 0.05) is 10.8 Å². The zero-order chi connectivity index (χ0) is 12.0. The molecule has 0 aromatic carbocycles. The number of Topliss-reactive ketones (excluding diaryl/α,β-unsaturated/α-hetero) is 1. The molecule has 1 aliphatic carbocycles. The highest BCUT2D eigenvalue weighted by atomic mass is 16.5. The summed E-state index contributed by atoms with van der Waals surface area (Å²) in [5.41, 5.74) is -0.245. The number of hydrogen-bond donors (Lipinski definition) is 0. The quantitative estimate of drug-likeness (QED) is 0.787. The van der Waals surface area contributed by atoms with Crippen molar-refractivity contribution in [3.63, 3.8) is 0 Å². The minimum Gasteiger partial charge on any atom is -0.339 e. The van der Waals surface area contributed by atoms with Gasteiger partial charge in [-0.25, -0.2) is 0 Å². The van der Waals surface area contributed by atoms with Crippen molar-refractivity contribution in [3.8, 4) is 0 Å². The average Bonchev–Trinajstić information content (AvgIpc) is 2.75. The highest BCUT2D eigenvalue weighted by Gasteiger charge is 2.43. The van der Waals surface area contributed by atoms with E-state index in [0.717, 1.165) is 18.7 Å². The second-order valence-corrected chi connectivity index (χ2v) is 5.92. The van der Waals surface area contributed by atoms with E-state index in [9.17, 15) is 4.79 Å². The van der Waals surface area contributed by atoms with Crippen molar-refractivity contribution in [3.05, 3.63) is 11.7 Å². The molecule has 0 radical (unpaired) electrons. The number of hydrogen-bond acceptors (Lipinski definition) is 4. The van der Waals surface area contributed by atoms with Crippen LogP contribution >= 0.6 is 0 Å². The number of ketones is 1. The summed E-state index contributed by atoms with van der Waals surface area (Å²) < 4.78 is 5.12. The van der Waals surface area contributed by atoms with E-state index < -0.39 is 0 Å². The van der Waals surface area contributed by atoms with Crippen molar-refractivity contribution in [1.29, 1.82) is 0 Å². The molecule has 0 atom stereocenters. The third kappa shape index (κ3) is 2.15. The number of carbonyl (C=O) groups is 1. The van der Waals surface area contributed by atoms with Gasteiger partial charge in [-0.3, -0.25) is 4.79 Å². The lowest BCUT2D eigenvalue weighted by Crippen LogP contribution is -2.22. The topological polar surface area (TPSA) is 56.0 Å². The lowest BCUT2D eigenvalue weighted by molar-refractivity contribution is -0.125. The van der Waals surface area contributed by atoms with E-state index in [-0.39, 0.29) is 23.0 Å². The van der Waals surface area contributed by atoms with Gasteiger partial charge in [0.05, 0.1) is 6.42 Å². The smallest absolute Gasteiger partial charge is 0.234 e. The second kappa shape index (κ2) is 3.40. The third-order valence-electron chi connectivity index (χ3n) is 3.16. The van der Waals surface area contributed by atoms with Crippen LogP contribution in [-0.4, -0.2) is 15.9 Å². The Bertz CT molecular complexity index is 411. The summed E-state index contributed by atoms with van der Waals surface area (Å²) >= 11 is 0. The monoisotopic (exact) mass is 222 g/mol. The summed E-state index contributed by atoms with van der Waals surface area (Å²) in [6.45, 7) is 7.81. The second-order valence-electron chi connectivity index (χ2n) is 5.92. The molecule has 0 saturated heterocycles. The van der Waals surface area contributed by atoms with Crippen molar-refractivity contribution in [2.45, 2.75) is 52.4 Å². The number of aromatic nitrogens is 2. The molecule has 1 aromatic heterocycles. The van der Waals surface area contributed by atoms with E-state index in [1.807, 2.05) is 20.8 Å². The first-order chi connectivity index (χ1) is 7.31. The van der Waals surface area contributed by atoms with Gasteiger partial charge >= 0.3 is 0 Å². The van der Waals surface area contributed by atoms with Gasteiger partial charge in [0.2, 0.25) is 5.89 Å². The molecule has 0 unspecified atom stereocenters. The van der Waals surface area contributed by atoms with Crippen molar-refractivity contribution in [2.24, 2.45) is 5.41 Å². The molecule has 1 aliphatic rings. The fraction of sp³-hybridized carbons (Fsp3) is 0.750. The maximum atomic E-state index is 11.8. The van der Waals surface area contributed by atoms with Crippen LogP contribution in [0.15, 0.2) is 4.52 Å². The van der Waals surface area contributed by atoms with Gasteiger partial charge in [0.15, 0.2) is 5.82 Å². The molecule has 4 nitrogen and oxygen atoms in total. The molecule has 0 spiro atoms. The number of rotatable bonds is 3. The molecule has 0 N–H and O–H groups in total. The summed E-state index contributed by atoms with van der Waals surface area (Å²) in [7, 11) is 0. The van der Waals surface area contributed by atoms with Gasteiger partial charge in [0.25, 0.3) is 0 Å². The van der Waals surface area contributed by atoms with Crippen LogP contribution in [0.3, 0.4) is 0 Å². The summed E-state index contributed by atoms with van der Waals surface area (Å²) in [5, 5.41) is 3.95. The van der Waals surface area contributed by atoms with E-state index in [1.165, 1.54) is 0 Å². The van der Waals surface area contributed by atoms with Crippen LogP contribution in [0.5, 0.6) is 0 Å². The Morgan fingerprint density at radius 3 is 2.56 bits per heavy atom. The van der Waals surface area contributed by atoms with Crippen LogP contribution in [0, 0.1) is 5.41 Å². The number of nitrogens with zero attached hydrogens (tertiary/aromatic N) is 2. The summed E-state index contributed by atoms with van der Waals surface area (Å²) in [6, 6.07) is 0. The minimum absolute atomic E-state index is 0.104. The molecule has 16 heavy (non-hydrogen) atoms. The molecule has 1 aromatic rings. The van der Waals surface area contributed by atoms with Crippen LogP contribution in [0.4, 0.5) is 0 Å². The number of carbonyl (C=O) groups excluding carboxylic acids is 1. The summed E-state index contributed by atoms with van der Waals surface area (Å²) in [5.74, 6) is 1.33. The Labute approximate surface area is 95.4 Å². The van der Waals surface area contributed by atoms with Crippen molar-refractivity contribution >= 4 is 5.78 Å². The van der Waals surface area contributed by atoms with Crippen LogP contribution < -0.4 is 0 Å². The molecule has 0 aliphatic heterocycles. The molecule has 0 amide bonds. The van der Waals surface area contributed by atoms with Gasteiger partial charge in [-0.15, -0.1) is 0 Å². The standard InChI is InChI=1S/C12H18N2O2/c1-11(2,3)8(15)7-9-13-10(14-16-9)12(4)5-6-12/h5-7H2,1-4H3. The lowest BCUT2D eigenvalue weighted by atomic mass is 9.89. The van der Waals surface area contributed by atoms with Crippen LogP contribution in [0.1, 0.15) is 52.3 Å². The molecule has 1 fully saturated rings. The van der Waals surface area contributed by atoms with Crippen molar-refractivity contribution < 1.29 is 9.32 Å². The zero-order valence-corrected chi connectivity index (χ0v) is 10.3. The maximum Gasteiger partial charge on any atom is 0.234 e. The maximum absolute atomic E-state index is 11.8. The van der Waals surface area contributed by atoms with E-state index in [4.69, 9.17) is 4.52 Å². The van der Waals surface area contributed by atoms with E-state index in [1.54, 1.807) is 0 Å². The normalized spacial score (nSPS) is 18.5. The first-order valence-electron chi connectivity index (χ1n) is 5.68. The Hall–Kier alpha value is -1.19. The summed E-state index contributed by atoms with van der Waals surface area (Å²) in [4.78, 5) is 16.1. The lowest BCUT2D eigenvalue weighted by Gasteiger charge is -2.14. The van der Waals surface area contributed by atoms with E-state index in [0.29, 0.717) is 5.89 Å². The molecule has 0 bridgehead atoms. The van der Waals surface area contributed by atoms with Gasteiger partial charge < -0.3 is 4.52 Å². The molecule has 4 heteroatoms. The first-order valence-corrected chi connectivity index (χ1v) is 5.68. The van der Waals surface area contributed by atoms with Gasteiger partial charge in [-0.2, -0.15) is 4.98 Å². The highest BCUT2D eigenvalue weighted by Crippen LogP contribution is 2.45. The Morgan fingerprint density at radius 1 is 1.44 bits per heavy atom. The fourth-order valence-electron chi connectivity index (χ4n) is 1.39. The van der Waals surface area contributed by atoms with Crippen molar-refractivity contribution in [2.75, 3.05) is 0 Å². The average molecular weight is 222 g/mol. The predicted octanol–water partition coefficient (Wildman–Crippen LogP) is 2.28. The highest BCUT2D eigenvalue weighted by molar-refractivity contribution is 5.84. The Balaban J connectivity index is 2.06.